The van der Waals surface area contributed by atoms with Crippen LogP contribution in [0.1, 0.15) is 12.8 Å². The number of hydrogen-bond donors (Lipinski definition) is 2. The average Bonchev–Trinajstić information content (AvgIpc) is 2.88. The first kappa shape index (κ1) is 10.7. The van der Waals surface area contributed by atoms with Gasteiger partial charge >= 0.3 is 0 Å². The van der Waals surface area contributed by atoms with Crippen LogP contribution in [-0.2, 0) is 0 Å². The Morgan fingerprint density at radius 3 is 2.62 bits per heavy atom. The van der Waals surface area contributed by atoms with Gasteiger partial charge in [-0.2, -0.15) is 0 Å². The van der Waals surface area contributed by atoms with Gasteiger partial charge in [0, 0.05) is 6.20 Å². The summed E-state index contributed by atoms with van der Waals surface area (Å²) in [6, 6.07) is 0. The van der Waals surface area contributed by atoms with Gasteiger partial charge in [-0.15, -0.1) is 0 Å². The molecule has 1 fully saturated rings. The molecule has 0 aliphatic carbocycles. The quantitative estimate of drug-likeness (QED) is 0.655. The van der Waals surface area contributed by atoms with Crippen LogP contribution in [0.4, 0.5) is 0 Å². The number of rotatable bonds is 0. The number of H-pyrrole nitrogens is 1. The van der Waals surface area contributed by atoms with Crippen molar-refractivity contribution < 1.29 is 0 Å². The van der Waals surface area contributed by atoms with Crippen molar-refractivity contribution in [1.29, 1.82) is 0 Å². The Hall–Kier alpha value is -1.82. The zero-order valence-corrected chi connectivity index (χ0v) is 8.81. The van der Waals surface area contributed by atoms with Crippen LogP contribution in [0.25, 0.3) is 11.0 Å². The van der Waals surface area contributed by atoms with E-state index >= 15 is 0 Å². The minimum absolute atomic E-state index is 0.212. The van der Waals surface area contributed by atoms with Crippen molar-refractivity contribution >= 4 is 11.0 Å². The smallest absolute Gasteiger partial charge is 0.261 e. The Balaban J connectivity index is 0.000000162. The van der Waals surface area contributed by atoms with Gasteiger partial charge in [-0.05, 0) is 25.9 Å². The maximum absolute atomic E-state index is 11.0. The lowest BCUT2D eigenvalue weighted by Crippen LogP contribution is -2.07. The van der Waals surface area contributed by atoms with Crippen molar-refractivity contribution in [2.24, 2.45) is 0 Å². The minimum atomic E-state index is -0.212. The molecule has 0 atom stereocenters. The van der Waals surface area contributed by atoms with Crippen molar-refractivity contribution in [2.75, 3.05) is 13.1 Å². The summed E-state index contributed by atoms with van der Waals surface area (Å²) in [4.78, 5) is 24.8. The maximum Gasteiger partial charge on any atom is 0.261 e. The molecule has 84 valence electrons. The van der Waals surface area contributed by atoms with E-state index < -0.39 is 0 Å². The molecular weight excluding hydrogens is 206 g/mol. The Bertz CT molecular complexity index is 493. The third-order valence-electron chi connectivity index (χ3n) is 2.28. The van der Waals surface area contributed by atoms with E-state index in [1.54, 1.807) is 0 Å². The third-order valence-corrected chi connectivity index (χ3v) is 2.28. The number of hydrogen-bond acceptors (Lipinski definition) is 5. The van der Waals surface area contributed by atoms with Gasteiger partial charge in [0.2, 0.25) is 0 Å². The minimum Gasteiger partial charge on any atom is -0.317 e. The van der Waals surface area contributed by atoms with Crippen LogP contribution in [0.15, 0.2) is 23.6 Å². The summed E-state index contributed by atoms with van der Waals surface area (Å²) in [6.45, 7) is 2.50. The van der Waals surface area contributed by atoms with Crippen LogP contribution in [0.3, 0.4) is 0 Å². The molecule has 16 heavy (non-hydrogen) atoms. The lowest BCUT2D eigenvalue weighted by molar-refractivity contribution is 0.857. The molecule has 6 nitrogen and oxygen atoms in total. The molecule has 0 unspecified atom stereocenters. The van der Waals surface area contributed by atoms with E-state index in [1.165, 1.54) is 44.8 Å². The first-order chi connectivity index (χ1) is 7.88. The van der Waals surface area contributed by atoms with E-state index in [4.69, 9.17) is 0 Å². The Kier molecular flexibility index (Phi) is 3.55. The predicted octanol–water partition coefficient (Wildman–Crippen LogP) is 0.0829. The molecule has 0 spiro atoms. The molecule has 3 rings (SSSR count). The summed E-state index contributed by atoms with van der Waals surface area (Å²) in [5, 5.41) is 3.63. The van der Waals surface area contributed by atoms with Crippen LogP contribution >= 0.6 is 0 Å². The fraction of sp³-hybridized carbons (Fsp3) is 0.400. The number of nitrogens with zero attached hydrogens (tertiary/aromatic N) is 3. The van der Waals surface area contributed by atoms with E-state index in [1.807, 2.05) is 0 Å². The molecule has 0 amide bonds. The Morgan fingerprint density at radius 2 is 2.00 bits per heavy atom. The molecule has 0 radical (unpaired) electrons. The highest BCUT2D eigenvalue weighted by Crippen LogP contribution is 1.95. The van der Waals surface area contributed by atoms with Gasteiger partial charge in [-0.25, -0.2) is 15.0 Å². The fourth-order valence-electron chi connectivity index (χ4n) is 1.44. The number of aromatic nitrogens is 4. The van der Waals surface area contributed by atoms with Crippen LogP contribution in [-0.4, -0.2) is 33.0 Å². The molecule has 0 saturated carbocycles. The maximum atomic E-state index is 11.0. The summed E-state index contributed by atoms with van der Waals surface area (Å²) < 4.78 is 0. The van der Waals surface area contributed by atoms with Gasteiger partial charge in [0.05, 0.1) is 6.33 Å². The second kappa shape index (κ2) is 5.32. The first-order valence-corrected chi connectivity index (χ1v) is 5.22. The summed E-state index contributed by atoms with van der Waals surface area (Å²) in [5.74, 6) is 0. The monoisotopic (exact) mass is 219 g/mol. The lowest BCUT2D eigenvalue weighted by atomic mass is 10.4. The molecule has 1 aliphatic rings. The SMILES string of the molecule is C1CCNC1.O=c1[nH]cnc2ncncc12. The Morgan fingerprint density at radius 1 is 1.19 bits per heavy atom. The molecule has 6 heteroatoms. The number of nitrogens with one attached hydrogen (secondary N) is 2. The molecule has 2 N–H and O–H groups in total. The predicted molar refractivity (Wildman–Crippen MR) is 60.1 cm³/mol. The zero-order chi connectivity index (χ0) is 11.2. The molecule has 1 saturated heterocycles. The lowest BCUT2D eigenvalue weighted by Gasteiger charge is -1.89. The highest BCUT2D eigenvalue weighted by molar-refractivity contribution is 5.70. The normalized spacial score (nSPS) is 14.5. The van der Waals surface area contributed by atoms with E-state index in [0.717, 1.165) is 0 Å². The van der Waals surface area contributed by atoms with Crippen molar-refractivity contribution in [2.45, 2.75) is 12.8 Å². The molecule has 3 heterocycles. The van der Waals surface area contributed by atoms with E-state index in [9.17, 15) is 4.79 Å². The van der Waals surface area contributed by atoms with Gasteiger partial charge in [0.15, 0.2) is 5.65 Å². The van der Waals surface area contributed by atoms with E-state index in [-0.39, 0.29) is 5.56 Å². The fourth-order valence-corrected chi connectivity index (χ4v) is 1.44. The van der Waals surface area contributed by atoms with Crippen LogP contribution in [0.2, 0.25) is 0 Å². The molecule has 2 aromatic rings. The second-order valence-corrected chi connectivity index (χ2v) is 3.45. The van der Waals surface area contributed by atoms with E-state index in [0.29, 0.717) is 11.0 Å². The van der Waals surface area contributed by atoms with Gasteiger partial charge in [-0.3, -0.25) is 4.79 Å². The van der Waals surface area contributed by atoms with Gasteiger partial charge < -0.3 is 10.3 Å². The molecule has 0 bridgehead atoms. The number of fused-ring (bicyclic) bond motifs is 1. The standard InChI is InChI=1S/C6H4N4O.C4H9N/c11-6-4-1-7-2-8-5(4)9-3-10-6;1-2-4-5-3-1/h1-3H,(H,7,8,9,10,11);5H,1-4H2. The summed E-state index contributed by atoms with van der Waals surface area (Å²) in [7, 11) is 0. The first-order valence-electron chi connectivity index (χ1n) is 5.22. The van der Waals surface area contributed by atoms with Crippen molar-refractivity contribution in [3.05, 3.63) is 29.2 Å². The van der Waals surface area contributed by atoms with Crippen molar-refractivity contribution in [3.8, 4) is 0 Å². The highest BCUT2D eigenvalue weighted by atomic mass is 16.1. The van der Waals surface area contributed by atoms with Crippen LogP contribution < -0.4 is 10.9 Å². The van der Waals surface area contributed by atoms with Crippen LogP contribution in [0.5, 0.6) is 0 Å². The van der Waals surface area contributed by atoms with Gasteiger partial charge in [0.1, 0.15) is 11.7 Å². The largest absolute Gasteiger partial charge is 0.317 e. The highest BCUT2D eigenvalue weighted by Gasteiger charge is 1.96. The van der Waals surface area contributed by atoms with Gasteiger partial charge in [0.25, 0.3) is 5.56 Å². The topological polar surface area (TPSA) is 83.6 Å². The second-order valence-electron chi connectivity index (χ2n) is 3.45. The van der Waals surface area contributed by atoms with E-state index in [2.05, 4.69) is 25.3 Å². The summed E-state index contributed by atoms with van der Waals surface area (Å²) >= 11 is 0. The third kappa shape index (κ3) is 2.60. The van der Waals surface area contributed by atoms with Gasteiger partial charge in [-0.1, -0.05) is 0 Å². The summed E-state index contributed by atoms with van der Waals surface area (Å²) in [6.07, 6.45) is 6.89. The molecule has 1 aliphatic heterocycles. The molecule has 0 aromatic carbocycles. The van der Waals surface area contributed by atoms with Crippen molar-refractivity contribution in [1.82, 2.24) is 25.3 Å². The van der Waals surface area contributed by atoms with Crippen LogP contribution in [0, 0.1) is 0 Å². The molecule has 2 aromatic heterocycles. The average molecular weight is 219 g/mol. The summed E-state index contributed by atoms with van der Waals surface area (Å²) in [5.41, 5.74) is 0.208. The number of aromatic amines is 1. The van der Waals surface area contributed by atoms with Crippen molar-refractivity contribution in [3.63, 3.8) is 0 Å². The zero-order valence-electron chi connectivity index (χ0n) is 8.81. The Labute approximate surface area is 92.2 Å². The molecular formula is C10H13N5O.